The summed E-state index contributed by atoms with van der Waals surface area (Å²) in [6.07, 6.45) is 15.7. The van der Waals surface area contributed by atoms with E-state index in [-0.39, 0.29) is 0 Å². The molecule has 25 heavy (non-hydrogen) atoms. The van der Waals surface area contributed by atoms with Crippen LogP contribution < -0.4 is 0 Å². The Morgan fingerprint density at radius 2 is 1.40 bits per heavy atom. The SMILES string of the molecule is CCC/C=C/c1cccc(CCc2ccc(CCCCCC)cc2)c1. The van der Waals surface area contributed by atoms with Crippen molar-refractivity contribution >= 4 is 6.08 Å². The Bertz CT molecular complexity index is 619. The lowest BCUT2D eigenvalue weighted by Gasteiger charge is -2.06. The molecule has 0 nitrogen and oxygen atoms in total. The first-order valence-electron chi connectivity index (χ1n) is 10.1. The van der Waals surface area contributed by atoms with E-state index in [1.54, 1.807) is 0 Å². The van der Waals surface area contributed by atoms with Crippen LogP contribution in [0.5, 0.6) is 0 Å². The zero-order valence-corrected chi connectivity index (χ0v) is 16.1. The molecule has 0 aliphatic heterocycles. The monoisotopic (exact) mass is 334 g/mol. The van der Waals surface area contributed by atoms with Gasteiger partial charge in [-0.1, -0.05) is 100 Å². The third-order valence-corrected chi connectivity index (χ3v) is 4.76. The van der Waals surface area contributed by atoms with Gasteiger partial charge in [0.2, 0.25) is 0 Å². The number of unbranched alkanes of at least 4 members (excludes halogenated alkanes) is 4. The molecule has 0 heteroatoms. The van der Waals surface area contributed by atoms with Crippen molar-refractivity contribution in [1.29, 1.82) is 0 Å². The number of allylic oxidation sites excluding steroid dienone is 1. The van der Waals surface area contributed by atoms with Gasteiger partial charge in [-0.15, -0.1) is 0 Å². The van der Waals surface area contributed by atoms with Crippen LogP contribution in [-0.4, -0.2) is 0 Å². The Hall–Kier alpha value is -1.82. The molecule has 2 aromatic rings. The van der Waals surface area contributed by atoms with Gasteiger partial charge in [-0.3, -0.25) is 0 Å². The number of hydrogen-bond donors (Lipinski definition) is 0. The van der Waals surface area contributed by atoms with Crippen molar-refractivity contribution in [3.8, 4) is 0 Å². The van der Waals surface area contributed by atoms with E-state index in [0.717, 1.165) is 19.3 Å². The van der Waals surface area contributed by atoms with E-state index in [1.165, 1.54) is 60.8 Å². The van der Waals surface area contributed by atoms with Gasteiger partial charge in [0.15, 0.2) is 0 Å². The molecule has 0 spiro atoms. The van der Waals surface area contributed by atoms with Crippen LogP contribution in [0.1, 0.15) is 74.6 Å². The molecule has 0 aromatic heterocycles. The highest BCUT2D eigenvalue weighted by molar-refractivity contribution is 5.50. The molecule has 0 amide bonds. The summed E-state index contributed by atoms with van der Waals surface area (Å²) in [6, 6.07) is 18.2. The number of rotatable bonds is 11. The van der Waals surface area contributed by atoms with Gasteiger partial charge in [0.05, 0.1) is 0 Å². The van der Waals surface area contributed by atoms with Crippen LogP contribution in [0.3, 0.4) is 0 Å². The van der Waals surface area contributed by atoms with E-state index >= 15 is 0 Å². The van der Waals surface area contributed by atoms with Crippen LogP contribution in [0, 0.1) is 0 Å². The molecule has 0 unspecified atom stereocenters. The van der Waals surface area contributed by atoms with Crippen LogP contribution in [0.25, 0.3) is 6.08 Å². The number of benzene rings is 2. The summed E-state index contributed by atoms with van der Waals surface area (Å²) < 4.78 is 0. The Kier molecular flexibility index (Phi) is 9.12. The van der Waals surface area contributed by atoms with E-state index < -0.39 is 0 Å². The normalized spacial score (nSPS) is 11.3. The number of hydrogen-bond acceptors (Lipinski definition) is 0. The highest BCUT2D eigenvalue weighted by Crippen LogP contribution is 2.14. The van der Waals surface area contributed by atoms with Gasteiger partial charge in [-0.25, -0.2) is 0 Å². The van der Waals surface area contributed by atoms with E-state index in [1.807, 2.05) is 0 Å². The minimum Gasteiger partial charge on any atom is -0.0840 e. The van der Waals surface area contributed by atoms with Crippen LogP contribution in [0.15, 0.2) is 54.6 Å². The van der Waals surface area contributed by atoms with Gasteiger partial charge in [0.1, 0.15) is 0 Å². The van der Waals surface area contributed by atoms with E-state index in [9.17, 15) is 0 Å². The molecule has 2 rings (SSSR count). The van der Waals surface area contributed by atoms with Gasteiger partial charge >= 0.3 is 0 Å². The van der Waals surface area contributed by atoms with Crippen molar-refractivity contribution in [3.63, 3.8) is 0 Å². The third kappa shape index (κ3) is 7.73. The molecule has 134 valence electrons. The predicted molar refractivity (Wildman–Crippen MR) is 112 cm³/mol. The standard InChI is InChI=1S/C25H34/c1-3-5-7-9-11-22-15-17-23(18-16-22)19-20-25-14-10-13-24(21-25)12-8-6-4-2/h8,10,12-18,21H,3-7,9,11,19-20H2,1-2H3/b12-8+. The van der Waals surface area contributed by atoms with E-state index in [2.05, 4.69) is 74.5 Å². The zero-order valence-electron chi connectivity index (χ0n) is 16.1. The molecule has 0 heterocycles. The Labute approximate surface area is 155 Å². The summed E-state index contributed by atoms with van der Waals surface area (Å²) >= 11 is 0. The summed E-state index contributed by atoms with van der Waals surface area (Å²) in [5.74, 6) is 0. The van der Waals surface area contributed by atoms with Crippen LogP contribution in [0.4, 0.5) is 0 Å². The lowest BCUT2D eigenvalue weighted by molar-refractivity contribution is 0.667. The van der Waals surface area contributed by atoms with Crippen molar-refractivity contribution < 1.29 is 0 Å². The summed E-state index contributed by atoms with van der Waals surface area (Å²) in [4.78, 5) is 0. The Morgan fingerprint density at radius 1 is 0.680 bits per heavy atom. The van der Waals surface area contributed by atoms with Gasteiger partial charge in [-0.2, -0.15) is 0 Å². The van der Waals surface area contributed by atoms with Gasteiger partial charge in [0.25, 0.3) is 0 Å². The summed E-state index contributed by atoms with van der Waals surface area (Å²) in [5.41, 5.74) is 5.70. The quantitative estimate of drug-likeness (QED) is 0.375. The molecule has 0 aliphatic rings. The smallest absolute Gasteiger partial charge is 0.0238 e. The fourth-order valence-electron chi connectivity index (χ4n) is 3.16. The van der Waals surface area contributed by atoms with Gasteiger partial charge < -0.3 is 0 Å². The zero-order chi connectivity index (χ0) is 17.7. The van der Waals surface area contributed by atoms with Crippen LogP contribution >= 0.6 is 0 Å². The van der Waals surface area contributed by atoms with E-state index in [4.69, 9.17) is 0 Å². The second kappa shape index (κ2) is 11.7. The first-order chi connectivity index (χ1) is 12.3. The maximum atomic E-state index is 2.33. The van der Waals surface area contributed by atoms with Crippen molar-refractivity contribution in [3.05, 3.63) is 76.9 Å². The number of aryl methyl sites for hydroxylation is 3. The molecule has 0 radical (unpaired) electrons. The maximum Gasteiger partial charge on any atom is -0.0238 e. The van der Waals surface area contributed by atoms with Crippen molar-refractivity contribution in [2.45, 2.75) is 71.6 Å². The predicted octanol–water partition coefficient (Wildman–Crippen LogP) is 7.41. The first-order valence-corrected chi connectivity index (χ1v) is 10.1. The second-order valence-electron chi connectivity index (χ2n) is 7.06. The summed E-state index contributed by atoms with van der Waals surface area (Å²) in [6.45, 7) is 4.49. The Morgan fingerprint density at radius 3 is 2.12 bits per heavy atom. The molecule has 0 N–H and O–H groups in total. The summed E-state index contributed by atoms with van der Waals surface area (Å²) in [5, 5.41) is 0. The van der Waals surface area contributed by atoms with Gasteiger partial charge in [-0.05, 0) is 54.4 Å². The van der Waals surface area contributed by atoms with Crippen molar-refractivity contribution in [2.24, 2.45) is 0 Å². The average Bonchev–Trinajstić information content (AvgIpc) is 2.65. The van der Waals surface area contributed by atoms with E-state index in [0.29, 0.717) is 0 Å². The molecule has 0 bridgehead atoms. The molecule has 0 aliphatic carbocycles. The van der Waals surface area contributed by atoms with Crippen molar-refractivity contribution in [2.75, 3.05) is 0 Å². The van der Waals surface area contributed by atoms with Crippen LogP contribution in [-0.2, 0) is 19.3 Å². The van der Waals surface area contributed by atoms with Crippen molar-refractivity contribution in [1.82, 2.24) is 0 Å². The minimum absolute atomic E-state index is 1.12. The third-order valence-electron chi connectivity index (χ3n) is 4.76. The summed E-state index contributed by atoms with van der Waals surface area (Å²) in [7, 11) is 0. The van der Waals surface area contributed by atoms with Gasteiger partial charge in [0, 0.05) is 0 Å². The fraction of sp³-hybridized carbons (Fsp3) is 0.440. The fourth-order valence-corrected chi connectivity index (χ4v) is 3.16. The minimum atomic E-state index is 1.12. The Balaban J connectivity index is 1.81. The molecule has 0 fully saturated rings. The molecule has 2 aromatic carbocycles. The molecular weight excluding hydrogens is 300 g/mol. The molecule has 0 saturated carbocycles. The van der Waals surface area contributed by atoms with Crippen LogP contribution in [0.2, 0.25) is 0 Å². The molecule has 0 saturated heterocycles. The highest BCUT2D eigenvalue weighted by Gasteiger charge is 1.99. The topological polar surface area (TPSA) is 0 Å². The lowest BCUT2D eigenvalue weighted by Crippen LogP contribution is -1.93. The largest absolute Gasteiger partial charge is 0.0840 e. The molecule has 0 atom stereocenters. The average molecular weight is 335 g/mol. The lowest BCUT2D eigenvalue weighted by atomic mass is 10.00. The first kappa shape index (κ1) is 19.5. The maximum absolute atomic E-state index is 2.33. The second-order valence-corrected chi connectivity index (χ2v) is 7.06. The molecular formula is C25H34. The highest BCUT2D eigenvalue weighted by atomic mass is 14.0.